The van der Waals surface area contributed by atoms with Crippen molar-refractivity contribution in [2.24, 2.45) is 5.10 Å². The number of rotatable bonds is 5. The molecule has 0 bridgehead atoms. The SMILES string of the molecule is COc1cc(-c2c(F)cccc2F)ccc1C(=O)N(C1CC1)C1CCC2=NN(C(=O)O)CC=C2C1. The van der Waals surface area contributed by atoms with Crippen molar-refractivity contribution < 1.29 is 28.2 Å². The van der Waals surface area contributed by atoms with E-state index >= 15 is 0 Å². The Hall–Kier alpha value is -3.75. The van der Waals surface area contributed by atoms with Gasteiger partial charge in [0.25, 0.3) is 5.91 Å². The largest absolute Gasteiger partial charge is 0.496 e. The normalized spacial score (nSPS) is 19.4. The summed E-state index contributed by atoms with van der Waals surface area (Å²) in [6.07, 6.45) is 4.47. The predicted molar refractivity (Wildman–Crippen MR) is 125 cm³/mol. The maximum absolute atomic E-state index is 14.3. The van der Waals surface area contributed by atoms with Crippen LogP contribution in [-0.2, 0) is 0 Å². The summed E-state index contributed by atoms with van der Waals surface area (Å²) in [4.78, 5) is 26.9. The molecule has 182 valence electrons. The summed E-state index contributed by atoms with van der Waals surface area (Å²) >= 11 is 0. The standard InChI is InChI=1S/C26H25F2N3O4/c1-35-23-14-16(24-20(27)3-2-4-21(24)28)5-9-19(23)25(32)31(17-6-7-17)18-8-10-22-15(13-18)11-12-30(29-22)26(33)34/h2-5,9,11,14,17-18H,6-8,10,12-13H2,1H3,(H,33,34). The van der Waals surface area contributed by atoms with E-state index in [9.17, 15) is 23.5 Å². The van der Waals surface area contributed by atoms with Crippen LogP contribution in [0.25, 0.3) is 11.1 Å². The number of hydrogen-bond donors (Lipinski definition) is 1. The van der Waals surface area contributed by atoms with E-state index in [0.29, 0.717) is 30.4 Å². The molecule has 7 nitrogen and oxygen atoms in total. The first-order chi connectivity index (χ1) is 16.9. The van der Waals surface area contributed by atoms with Gasteiger partial charge in [0.15, 0.2) is 0 Å². The molecule has 2 saturated carbocycles. The van der Waals surface area contributed by atoms with Gasteiger partial charge in [0.1, 0.15) is 17.4 Å². The zero-order valence-electron chi connectivity index (χ0n) is 19.2. The Morgan fingerprint density at radius 1 is 1.11 bits per heavy atom. The molecule has 2 aromatic rings. The van der Waals surface area contributed by atoms with Crippen molar-refractivity contribution in [3.63, 3.8) is 0 Å². The number of carbonyl (C=O) groups excluding carboxylic acids is 1. The Morgan fingerprint density at radius 2 is 1.86 bits per heavy atom. The van der Waals surface area contributed by atoms with E-state index in [1.165, 1.54) is 37.4 Å². The van der Waals surface area contributed by atoms with Gasteiger partial charge >= 0.3 is 6.09 Å². The van der Waals surface area contributed by atoms with E-state index in [0.717, 1.165) is 29.1 Å². The first-order valence-electron chi connectivity index (χ1n) is 11.6. The molecule has 2 aliphatic carbocycles. The highest BCUT2D eigenvalue weighted by Crippen LogP contribution is 2.38. The monoisotopic (exact) mass is 481 g/mol. The van der Waals surface area contributed by atoms with E-state index in [4.69, 9.17) is 4.74 Å². The Morgan fingerprint density at radius 3 is 2.51 bits per heavy atom. The third-order valence-corrected chi connectivity index (χ3v) is 6.76. The molecule has 1 aliphatic heterocycles. The van der Waals surface area contributed by atoms with Crippen LogP contribution < -0.4 is 4.74 Å². The minimum Gasteiger partial charge on any atom is -0.496 e. The van der Waals surface area contributed by atoms with Crippen molar-refractivity contribution in [3.05, 3.63) is 65.2 Å². The topological polar surface area (TPSA) is 82.4 Å². The number of fused-ring (bicyclic) bond motifs is 1. The summed E-state index contributed by atoms with van der Waals surface area (Å²) in [5, 5.41) is 14.5. The van der Waals surface area contributed by atoms with Gasteiger partial charge in [-0.1, -0.05) is 18.2 Å². The highest BCUT2D eigenvalue weighted by atomic mass is 19.1. The molecule has 0 saturated heterocycles. The lowest BCUT2D eigenvalue weighted by Gasteiger charge is -2.37. The van der Waals surface area contributed by atoms with Crippen molar-refractivity contribution in [2.45, 2.75) is 44.2 Å². The average molecular weight is 481 g/mol. The second-order valence-corrected chi connectivity index (χ2v) is 8.99. The number of carboxylic acid groups (broad SMARTS) is 1. The van der Waals surface area contributed by atoms with Crippen LogP contribution in [0.4, 0.5) is 13.6 Å². The molecule has 1 atom stereocenters. The number of nitrogens with zero attached hydrogens (tertiary/aromatic N) is 3. The molecule has 2 amide bonds. The fraction of sp³-hybridized carbons (Fsp3) is 0.346. The molecule has 3 aliphatic rings. The molecular formula is C26H25F2N3O4. The molecular weight excluding hydrogens is 456 g/mol. The maximum atomic E-state index is 14.3. The number of halogens is 2. The van der Waals surface area contributed by atoms with E-state index in [-0.39, 0.29) is 35.8 Å². The molecule has 5 rings (SSSR count). The summed E-state index contributed by atoms with van der Waals surface area (Å²) in [5.41, 5.74) is 2.21. The van der Waals surface area contributed by atoms with Crippen LogP contribution in [0.5, 0.6) is 5.75 Å². The fourth-order valence-electron chi connectivity index (χ4n) is 4.91. The lowest BCUT2D eigenvalue weighted by Crippen LogP contribution is -2.45. The van der Waals surface area contributed by atoms with Crippen LogP contribution in [0.1, 0.15) is 42.5 Å². The van der Waals surface area contributed by atoms with Crippen LogP contribution in [0, 0.1) is 11.6 Å². The molecule has 1 heterocycles. The van der Waals surface area contributed by atoms with E-state index < -0.39 is 17.7 Å². The Balaban J connectivity index is 1.42. The molecule has 0 radical (unpaired) electrons. The van der Waals surface area contributed by atoms with Gasteiger partial charge in [-0.2, -0.15) is 10.1 Å². The molecule has 2 aromatic carbocycles. The second kappa shape index (κ2) is 9.13. The van der Waals surface area contributed by atoms with E-state index in [1.807, 2.05) is 11.0 Å². The van der Waals surface area contributed by atoms with Crippen molar-refractivity contribution >= 4 is 17.7 Å². The number of hydrogen-bond acceptors (Lipinski definition) is 4. The van der Waals surface area contributed by atoms with Gasteiger partial charge in [-0.15, -0.1) is 0 Å². The summed E-state index contributed by atoms with van der Waals surface area (Å²) in [5.74, 6) is -1.30. The molecule has 9 heteroatoms. The van der Waals surface area contributed by atoms with Crippen LogP contribution in [-0.4, -0.2) is 58.5 Å². The van der Waals surface area contributed by atoms with Gasteiger partial charge in [-0.3, -0.25) is 4.79 Å². The molecule has 1 unspecified atom stereocenters. The summed E-state index contributed by atoms with van der Waals surface area (Å²) in [7, 11) is 1.43. The Labute approximate surface area is 201 Å². The number of ether oxygens (including phenoxy) is 1. The Kier molecular flexibility index (Phi) is 6.00. The zero-order valence-corrected chi connectivity index (χ0v) is 19.2. The van der Waals surface area contributed by atoms with Crippen molar-refractivity contribution in [2.75, 3.05) is 13.7 Å². The van der Waals surface area contributed by atoms with Crippen LogP contribution in [0.15, 0.2) is 53.1 Å². The van der Waals surface area contributed by atoms with Crippen molar-refractivity contribution in [1.82, 2.24) is 9.91 Å². The fourth-order valence-corrected chi connectivity index (χ4v) is 4.91. The summed E-state index contributed by atoms with van der Waals surface area (Å²) in [6, 6.07) is 8.36. The lowest BCUT2D eigenvalue weighted by atomic mass is 9.86. The minimum absolute atomic E-state index is 0.0510. The number of methoxy groups -OCH3 is 1. The molecule has 1 N–H and O–H groups in total. The third-order valence-electron chi connectivity index (χ3n) is 6.76. The van der Waals surface area contributed by atoms with Crippen LogP contribution in [0.2, 0.25) is 0 Å². The van der Waals surface area contributed by atoms with Gasteiger partial charge in [0.2, 0.25) is 0 Å². The minimum atomic E-state index is -1.09. The first-order valence-corrected chi connectivity index (χ1v) is 11.6. The highest BCUT2D eigenvalue weighted by Gasteiger charge is 2.41. The van der Waals surface area contributed by atoms with Crippen LogP contribution >= 0.6 is 0 Å². The first kappa shape index (κ1) is 23.0. The predicted octanol–water partition coefficient (Wildman–Crippen LogP) is 5.07. The highest BCUT2D eigenvalue weighted by molar-refractivity contribution is 6.03. The molecule has 0 aromatic heterocycles. The molecule has 0 spiro atoms. The zero-order chi connectivity index (χ0) is 24.7. The number of benzene rings is 2. The number of hydrazone groups is 1. The van der Waals surface area contributed by atoms with E-state index in [2.05, 4.69) is 5.10 Å². The van der Waals surface area contributed by atoms with Gasteiger partial charge in [-0.05, 0) is 67.5 Å². The average Bonchev–Trinajstić information content (AvgIpc) is 3.68. The van der Waals surface area contributed by atoms with Crippen molar-refractivity contribution in [1.29, 1.82) is 0 Å². The number of amides is 2. The Bertz CT molecular complexity index is 1230. The van der Waals surface area contributed by atoms with Crippen molar-refractivity contribution in [3.8, 4) is 16.9 Å². The van der Waals surface area contributed by atoms with Gasteiger partial charge in [0.05, 0.1) is 30.5 Å². The lowest BCUT2D eigenvalue weighted by molar-refractivity contribution is 0.0643. The smallest absolute Gasteiger partial charge is 0.428 e. The second-order valence-electron chi connectivity index (χ2n) is 8.99. The quantitative estimate of drug-likeness (QED) is 0.646. The maximum Gasteiger partial charge on any atom is 0.428 e. The third kappa shape index (κ3) is 4.38. The van der Waals surface area contributed by atoms with E-state index in [1.54, 1.807) is 6.07 Å². The number of carbonyl (C=O) groups is 2. The van der Waals surface area contributed by atoms with Gasteiger partial charge in [-0.25, -0.2) is 13.6 Å². The van der Waals surface area contributed by atoms with Gasteiger partial charge < -0.3 is 14.7 Å². The molecule has 2 fully saturated rings. The van der Waals surface area contributed by atoms with Crippen LogP contribution in [0.3, 0.4) is 0 Å². The summed E-state index contributed by atoms with van der Waals surface area (Å²) in [6.45, 7) is 0.195. The summed E-state index contributed by atoms with van der Waals surface area (Å²) < 4.78 is 34.1. The van der Waals surface area contributed by atoms with Gasteiger partial charge in [0, 0.05) is 12.1 Å². The molecule has 35 heavy (non-hydrogen) atoms.